The maximum Gasteiger partial charge on any atom is 0.0596 e. The lowest BCUT2D eigenvalue weighted by atomic mass is 10.1. The molecule has 0 aromatic carbocycles. The minimum Gasteiger partial charge on any atom is -0.315 e. The first-order valence-corrected chi connectivity index (χ1v) is 4.13. The molecule has 0 amide bonds. The second kappa shape index (κ2) is 4.38. The molecule has 1 heterocycles. The van der Waals surface area contributed by atoms with Gasteiger partial charge in [-0.2, -0.15) is 0 Å². The summed E-state index contributed by atoms with van der Waals surface area (Å²) in [6, 6.07) is 0. The molecule has 1 N–H and O–H groups in total. The molecule has 2 nitrogen and oxygen atoms in total. The highest BCUT2D eigenvalue weighted by molar-refractivity contribution is 5.07. The molecule has 0 aliphatic carbocycles. The highest BCUT2D eigenvalue weighted by atomic mass is 15.0. The van der Waals surface area contributed by atoms with Crippen LogP contribution in [0.25, 0.3) is 0 Å². The van der Waals surface area contributed by atoms with E-state index in [1.807, 2.05) is 14.1 Å². The molecule has 0 bridgehead atoms. The van der Waals surface area contributed by atoms with Gasteiger partial charge in [0.15, 0.2) is 0 Å². The van der Waals surface area contributed by atoms with E-state index in [2.05, 4.69) is 22.1 Å². The SMILES string of the molecule is CN(C)CC#CC1CCNC1. The van der Waals surface area contributed by atoms with Crippen LogP contribution in [0.1, 0.15) is 6.42 Å². The van der Waals surface area contributed by atoms with Crippen LogP contribution in [-0.4, -0.2) is 38.6 Å². The van der Waals surface area contributed by atoms with Crippen molar-refractivity contribution in [1.29, 1.82) is 0 Å². The molecule has 1 aliphatic rings. The lowest BCUT2D eigenvalue weighted by Gasteiger charge is -2.01. The van der Waals surface area contributed by atoms with Crippen molar-refractivity contribution in [3.8, 4) is 11.8 Å². The van der Waals surface area contributed by atoms with Crippen LogP contribution >= 0.6 is 0 Å². The van der Waals surface area contributed by atoms with Crippen molar-refractivity contribution >= 4 is 0 Å². The topological polar surface area (TPSA) is 15.3 Å². The zero-order valence-corrected chi connectivity index (χ0v) is 7.35. The Morgan fingerprint density at radius 3 is 2.91 bits per heavy atom. The van der Waals surface area contributed by atoms with E-state index in [1.54, 1.807) is 0 Å². The van der Waals surface area contributed by atoms with Crippen molar-refractivity contribution in [2.75, 3.05) is 33.7 Å². The third-order valence-electron chi connectivity index (χ3n) is 1.76. The molecule has 1 fully saturated rings. The highest BCUT2D eigenvalue weighted by Gasteiger charge is 2.09. The van der Waals surface area contributed by atoms with Gasteiger partial charge >= 0.3 is 0 Å². The zero-order valence-electron chi connectivity index (χ0n) is 7.35. The normalized spacial score (nSPS) is 23.4. The summed E-state index contributed by atoms with van der Waals surface area (Å²) in [6.07, 6.45) is 1.22. The number of hydrogen-bond acceptors (Lipinski definition) is 2. The minimum atomic E-state index is 0.606. The van der Waals surface area contributed by atoms with Crippen LogP contribution in [0.5, 0.6) is 0 Å². The molecule has 0 radical (unpaired) electrons. The molecule has 1 unspecified atom stereocenters. The number of nitrogens with zero attached hydrogens (tertiary/aromatic N) is 1. The fourth-order valence-corrected chi connectivity index (χ4v) is 1.13. The molecule has 0 aromatic rings. The van der Waals surface area contributed by atoms with Crippen LogP contribution in [0.3, 0.4) is 0 Å². The Balaban J connectivity index is 2.20. The van der Waals surface area contributed by atoms with Crippen LogP contribution in [0.15, 0.2) is 0 Å². The molecule has 1 atom stereocenters. The van der Waals surface area contributed by atoms with E-state index in [9.17, 15) is 0 Å². The Kier molecular flexibility index (Phi) is 3.41. The molecule has 1 rings (SSSR count). The largest absolute Gasteiger partial charge is 0.315 e. The predicted octanol–water partition coefficient (Wildman–Crippen LogP) is 0.161. The van der Waals surface area contributed by atoms with Gasteiger partial charge in [0.25, 0.3) is 0 Å². The molecule has 0 saturated carbocycles. The van der Waals surface area contributed by atoms with E-state index in [0.717, 1.165) is 19.6 Å². The Hall–Kier alpha value is -0.520. The van der Waals surface area contributed by atoms with Gasteiger partial charge in [-0.1, -0.05) is 11.8 Å². The average molecular weight is 152 g/mol. The second-order valence-corrected chi connectivity index (χ2v) is 3.25. The standard InChI is InChI=1S/C9H16N2/c1-11(2)7-3-4-9-5-6-10-8-9/h9-10H,5-8H2,1-2H3. The van der Waals surface area contributed by atoms with E-state index < -0.39 is 0 Å². The lowest BCUT2D eigenvalue weighted by Crippen LogP contribution is -2.12. The fraction of sp³-hybridized carbons (Fsp3) is 0.778. The smallest absolute Gasteiger partial charge is 0.0596 e. The Bertz CT molecular complexity index is 158. The Morgan fingerprint density at radius 2 is 2.36 bits per heavy atom. The average Bonchev–Trinajstić information content (AvgIpc) is 2.39. The summed E-state index contributed by atoms with van der Waals surface area (Å²) in [5.74, 6) is 7.03. The van der Waals surface area contributed by atoms with Crippen LogP contribution < -0.4 is 5.32 Å². The van der Waals surface area contributed by atoms with Crippen LogP contribution in [0.4, 0.5) is 0 Å². The van der Waals surface area contributed by atoms with Gasteiger partial charge in [0.1, 0.15) is 0 Å². The highest BCUT2D eigenvalue weighted by Crippen LogP contribution is 2.04. The van der Waals surface area contributed by atoms with Crippen LogP contribution in [0, 0.1) is 17.8 Å². The maximum absolute atomic E-state index is 3.29. The molecular formula is C9H16N2. The number of nitrogens with one attached hydrogen (secondary N) is 1. The number of hydrogen-bond donors (Lipinski definition) is 1. The van der Waals surface area contributed by atoms with Crippen molar-refractivity contribution in [3.63, 3.8) is 0 Å². The number of rotatable bonds is 1. The third-order valence-corrected chi connectivity index (χ3v) is 1.76. The van der Waals surface area contributed by atoms with Crippen molar-refractivity contribution < 1.29 is 0 Å². The summed E-state index contributed by atoms with van der Waals surface area (Å²) in [5, 5.41) is 3.29. The Labute approximate surface area is 69.0 Å². The van der Waals surface area contributed by atoms with Gasteiger partial charge in [-0.05, 0) is 27.1 Å². The van der Waals surface area contributed by atoms with Gasteiger partial charge in [-0.15, -0.1) is 0 Å². The summed E-state index contributed by atoms with van der Waals surface area (Å²) in [4.78, 5) is 2.09. The molecule has 0 aromatic heterocycles. The molecule has 11 heavy (non-hydrogen) atoms. The fourth-order valence-electron chi connectivity index (χ4n) is 1.13. The summed E-state index contributed by atoms with van der Waals surface area (Å²) in [6.45, 7) is 3.11. The zero-order chi connectivity index (χ0) is 8.10. The first-order chi connectivity index (χ1) is 5.29. The molecule has 1 saturated heterocycles. The Morgan fingerprint density at radius 1 is 1.55 bits per heavy atom. The van der Waals surface area contributed by atoms with Gasteiger partial charge < -0.3 is 5.32 Å². The first-order valence-electron chi connectivity index (χ1n) is 4.13. The summed E-state index contributed by atoms with van der Waals surface area (Å²) < 4.78 is 0. The van der Waals surface area contributed by atoms with Gasteiger partial charge in [-0.3, -0.25) is 4.90 Å². The lowest BCUT2D eigenvalue weighted by molar-refractivity contribution is 0.463. The summed E-state index contributed by atoms with van der Waals surface area (Å²) in [7, 11) is 4.09. The van der Waals surface area contributed by atoms with Gasteiger partial charge in [0.05, 0.1) is 6.54 Å². The minimum absolute atomic E-state index is 0.606. The monoisotopic (exact) mass is 152 g/mol. The summed E-state index contributed by atoms with van der Waals surface area (Å²) >= 11 is 0. The van der Waals surface area contributed by atoms with Crippen molar-refractivity contribution in [2.24, 2.45) is 5.92 Å². The molecular weight excluding hydrogens is 136 g/mol. The first kappa shape index (κ1) is 8.58. The molecule has 1 aliphatic heterocycles. The summed E-state index contributed by atoms with van der Waals surface area (Å²) in [5.41, 5.74) is 0. The maximum atomic E-state index is 3.29. The molecule has 0 spiro atoms. The van der Waals surface area contributed by atoms with Crippen molar-refractivity contribution in [1.82, 2.24) is 10.2 Å². The molecule has 62 valence electrons. The van der Waals surface area contributed by atoms with E-state index >= 15 is 0 Å². The molecule has 2 heteroatoms. The van der Waals surface area contributed by atoms with E-state index in [1.165, 1.54) is 6.42 Å². The van der Waals surface area contributed by atoms with Crippen LogP contribution in [-0.2, 0) is 0 Å². The van der Waals surface area contributed by atoms with Gasteiger partial charge in [0, 0.05) is 12.5 Å². The van der Waals surface area contributed by atoms with E-state index in [0.29, 0.717) is 5.92 Å². The quantitative estimate of drug-likeness (QED) is 0.538. The second-order valence-electron chi connectivity index (χ2n) is 3.25. The van der Waals surface area contributed by atoms with Crippen molar-refractivity contribution in [2.45, 2.75) is 6.42 Å². The van der Waals surface area contributed by atoms with Gasteiger partial charge in [0.2, 0.25) is 0 Å². The van der Waals surface area contributed by atoms with Crippen molar-refractivity contribution in [3.05, 3.63) is 0 Å². The predicted molar refractivity (Wildman–Crippen MR) is 47.3 cm³/mol. The van der Waals surface area contributed by atoms with E-state index in [4.69, 9.17) is 0 Å². The van der Waals surface area contributed by atoms with E-state index in [-0.39, 0.29) is 0 Å². The third kappa shape index (κ3) is 3.41. The van der Waals surface area contributed by atoms with Gasteiger partial charge in [-0.25, -0.2) is 0 Å². The van der Waals surface area contributed by atoms with Crippen LogP contribution in [0.2, 0.25) is 0 Å².